The highest BCUT2D eigenvalue weighted by Crippen LogP contribution is 2.36. The van der Waals surface area contributed by atoms with Gasteiger partial charge in [0.2, 0.25) is 0 Å². The Morgan fingerprint density at radius 2 is 1.79 bits per heavy atom. The molecule has 1 heterocycles. The quantitative estimate of drug-likeness (QED) is 0.347. The van der Waals surface area contributed by atoms with Gasteiger partial charge in [-0.25, -0.2) is 4.79 Å². The van der Waals surface area contributed by atoms with Crippen molar-refractivity contribution in [1.29, 1.82) is 0 Å². The largest absolute Gasteiger partial charge is 0.491 e. The lowest BCUT2D eigenvalue weighted by Gasteiger charge is -2.36. The van der Waals surface area contributed by atoms with E-state index in [9.17, 15) is 33.2 Å². The predicted octanol–water partition coefficient (Wildman–Crippen LogP) is 2.96. The monoisotopic (exact) mass is 483 g/mol. The molecule has 1 fully saturated rings. The van der Waals surface area contributed by atoms with Crippen molar-refractivity contribution in [2.24, 2.45) is 0 Å². The van der Waals surface area contributed by atoms with Crippen LogP contribution < -0.4 is 9.64 Å². The van der Waals surface area contributed by atoms with Crippen LogP contribution in [0.4, 0.5) is 24.5 Å². The van der Waals surface area contributed by atoms with E-state index in [2.05, 4.69) is 4.74 Å². The molecule has 0 amide bonds. The van der Waals surface area contributed by atoms with Crippen LogP contribution in [0.5, 0.6) is 5.75 Å². The third-order valence-corrected chi connectivity index (χ3v) is 5.40. The first-order valence-electron chi connectivity index (χ1n) is 10.4. The van der Waals surface area contributed by atoms with Gasteiger partial charge in [0.1, 0.15) is 24.1 Å². The summed E-state index contributed by atoms with van der Waals surface area (Å²) < 4.78 is 48.9. The summed E-state index contributed by atoms with van der Waals surface area (Å²) in [5, 5.41) is 21.6. The van der Waals surface area contributed by atoms with Crippen LogP contribution in [0.15, 0.2) is 42.5 Å². The van der Waals surface area contributed by atoms with Crippen molar-refractivity contribution in [3.63, 3.8) is 0 Å². The Morgan fingerprint density at radius 3 is 2.35 bits per heavy atom. The van der Waals surface area contributed by atoms with Gasteiger partial charge in [0.05, 0.1) is 23.2 Å². The summed E-state index contributed by atoms with van der Waals surface area (Å²) in [6.07, 6.45) is -5.48. The SMILES string of the molecule is COC(=O)c1ccc(OC[C@H](O)CN2CCN(c3ccc(C(F)(F)F)cc3[N+](=O)[O-])CC2)cc1. The first-order chi connectivity index (χ1) is 16.1. The fourth-order valence-corrected chi connectivity index (χ4v) is 3.63. The number of rotatable bonds is 8. The van der Waals surface area contributed by atoms with E-state index in [1.165, 1.54) is 7.11 Å². The lowest BCUT2D eigenvalue weighted by molar-refractivity contribution is -0.384. The average Bonchev–Trinajstić information content (AvgIpc) is 2.82. The molecule has 3 rings (SSSR count). The van der Waals surface area contributed by atoms with Crippen LogP contribution in [0.2, 0.25) is 0 Å². The van der Waals surface area contributed by atoms with Crippen molar-refractivity contribution in [1.82, 2.24) is 4.90 Å². The number of nitro groups is 1. The van der Waals surface area contributed by atoms with Gasteiger partial charge in [-0.1, -0.05) is 0 Å². The molecule has 12 heteroatoms. The Kier molecular flexibility index (Phi) is 7.94. The maximum Gasteiger partial charge on any atom is 0.416 e. The van der Waals surface area contributed by atoms with Crippen LogP contribution >= 0.6 is 0 Å². The van der Waals surface area contributed by atoms with Gasteiger partial charge in [-0.05, 0) is 36.4 Å². The number of anilines is 1. The summed E-state index contributed by atoms with van der Waals surface area (Å²) >= 11 is 0. The number of esters is 1. The highest BCUT2D eigenvalue weighted by atomic mass is 19.4. The molecule has 0 aliphatic carbocycles. The van der Waals surface area contributed by atoms with E-state index in [0.29, 0.717) is 50.1 Å². The molecule has 1 N–H and O–H groups in total. The Labute approximate surface area is 193 Å². The van der Waals surface area contributed by atoms with Crippen LogP contribution in [0.1, 0.15) is 15.9 Å². The molecule has 184 valence electrons. The highest BCUT2D eigenvalue weighted by molar-refractivity contribution is 5.89. The molecule has 0 radical (unpaired) electrons. The van der Waals surface area contributed by atoms with E-state index in [1.807, 2.05) is 4.90 Å². The van der Waals surface area contributed by atoms with E-state index in [1.54, 1.807) is 29.2 Å². The lowest BCUT2D eigenvalue weighted by atomic mass is 10.1. The summed E-state index contributed by atoms with van der Waals surface area (Å²) in [4.78, 5) is 25.6. The molecule has 1 atom stereocenters. The van der Waals surface area contributed by atoms with Crippen molar-refractivity contribution < 1.29 is 37.5 Å². The normalized spacial score (nSPS) is 15.6. The van der Waals surface area contributed by atoms with Crippen LogP contribution in [-0.2, 0) is 10.9 Å². The molecule has 9 nitrogen and oxygen atoms in total. The summed E-state index contributed by atoms with van der Waals surface area (Å²) in [5.74, 6) is 0.0125. The van der Waals surface area contributed by atoms with Gasteiger partial charge in [0.15, 0.2) is 0 Å². The molecule has 1 aliphatic rings. The Bertz CT molecular complexity index is 1010. The van der Waals surface area contributed by atoms with Crippen LogP contribution in [0.25, 0.3) is 0 Å². The molecule has 0 aromatic heterocycles. The number of nitrogens with zero attached hydrogens (tertiary/aromatic N) is 3. The molecule has 34 heavy (non-hydrogen) atoms. The van der Waals surface area contributed by atoms with Gasteiger partial charge in [-0.3, -0.25) is 15.0 Å². The number of aliphatic hydroxyl groups excluding tert-OH is 1. The standard InChI is InChI=1S/C22H24F3N3O6/c1-33-21(30)15-2-5-18(6-3-15)34-14-17(29)13-26-8-10-27(11-9-26)19-7-4-16(22(23,24)25)12-20(19)28(31)32/h2-7,12,17,29H,8-11,13-14H2,1H3/t17-/m1/s1. The minimum atomic E-state index is -4.66. The number of hydrogen-bond acceptors (Lipinski definition) is 8. The number of aliphatic hydroxyl groups is 1. The number of piperazine rings is 1. The van der Waals surface area contributed by atoms with Crippen molar-refractivity contribution in [2.75, 3.05) is 51.3 Å². The minimum absolute atomic E-state index is 0.0160. The van der Waals surface area contributed by atoms with Gasteiger partial charge in [0.25, 0.3) is 5.69 Å². The van der Waals surface area contributed by atoms with Crippen molar-refractivity contribution in [3.8, 4) is 5.75 Å². The Morgan fingerprint density at radius 1 is 1.15 bits per heavy atom. The fraction of sp³-hybridized carbons (Fsp3) is 0.409. The molecule has 1 aliphatic heterocycles. The fourth-order valence-electron chi connectivity index (χ4n) is 3.63. The molecule has 1 saturated heterocycles. The van der Waals surface area contributed by atoms with E-state index in [0.717, 1.165) is 12.1 Å². The third kappa shape index (κ3) is 6.35. The van der Waals surface area contributed by atoms with E-state index in [4.69, 9.17) is 4.74 Å². The zero-order valence-corrected chi connectivity index (χ0v) is 18.3. The number of benzene rings is 2. The first-order valence-corrected chi connectivity index (χ1v) is 10.4. The Balaban J connectivity index is 1.51. The second kappa shape index (κ2) is 10.7. The van der Waals surface area contributed by atoms with Crippen LogP contribution in [0, 0.1) is 10.1 Å². The smallest absolute Gasteiger partial charge is 0.416 e. The number of methoxy groups -OCH3 is 1. The van der Waals surface area contributed by atoms with Crippen molar-refractivity contribution in [3.05, 3.63) is 63.7 Å². The van der Waals surface area contributed by atoms with Crippen molar-refractivity contribution >= 4 is 17.3 Å². The maximum atomic E-state index is 12.9. The van der Waals surface area contributed by atoms with E-state index >= 15 is 0 Å². The minimum Gasteiger partial charge on any atom is -0.491 e. The maximum absolute atomic E-state index is 12.9. The average molecular weight is 483 g/mol. The molecule has 0 saturated carbocycles. The zero-order valence-electron chi connectivity index (χ0n) is 18.3. The van der Waals surface area contributed by atoms with Gasteiger partial charge in [0, 0.05) is 38.8 Å². The second-order valence-corrected chi connectivity index (χ2v) is 7.73. The molecule has 2 aromatic rings. The number of halogens is 3. The second-order valence-electron chi connectivity index (χ2n) is 7.73. The molecule has 0 unspecified atom stereocenters. The number of carbonyl (C=O) groups excluding carboxylic acids is 1. The lowest BCUT2D eigenvalue weighted by Crippen LogP contribution is -2.49. The van der Waals surface area contributed by atoms with Gasteiger partial charge in [-0.2, -0.15) is 13.2 Å². The zero-order chi connectivity index (χ0) is 24.9. The number of nitro benzene ring substituents is 1. The molecule has 2 aromatic carbocycles. The van der Waals surface area contributed by atoms with Gasteiger partial charge >= 0.3 is 12.1 Å². The predicted molar refractivity (Wildman–Crippen MR) is 116 cm³/mol. The molecule has 0 bridgehead atoms. The van der Waals surface area contributed by atoms with E-state index in [-0.39, 0.29) is 12.3 Å². The summed E-state index contributed by atoms with van der Waals surface area (Å²) in [7, 11) is 1.29. The topological polar surface area (TPSA) is 105 Å². The number of carbonyl (C=O) groups is 1. The third-order valence-electron chi connectivity index (χ3n) is 5.40. The first kappa shape index (κ1) is 25.2. The summed E-state index contributed by atoms with van der Waals surface area (Å²) in [6, 6.07) is 8.81. The number of ether oxygens (including phenoxy) is 2. The summed E-state index contributed by atoms with van der Waals surface area (Å²) in [5.41, 5.74) is -1.14. The summed E-state index contributed by atoms with van der Waals surface area (Å²) in [6.45, 7) is 1.95. The Hall–Kier alpha value is -3.38. The highest BCUT2D eigenvalue weighted by Gasteiger charge is 2.34. The van der Waals surface area contributed by atoms with Crippen LogP contribution in [0.3, 0.4) is 0 Å². The molecular formula is C22H24F3N3O6. The number of alkyl halides is 3. The molecule has 0 spiro atoms. The van der Waals surface area contributed by atoms with Crippen LogP contribution in [-0.4, -0.2) is 73.4 Å². The number of hydrogen-bond donors (Lipinski definition) is 1. The van der Waals surface area contributed by atoms with E-state index < -0.39 is 34.4 Å². The molecular weight excluding hydrogens is 459 g/mol. The van der Waals surface area contributed by atoms with Gasteiger partial charge in [-0.15, -0.1) is 0 Å². The van der Waals surface area contributed by atoms with Gasteiger partial charge < -0.3 is 19.5 Å². The number of β-amino-alcohol motifs (C(OH)–C–C–N with tert-alkyl or cyclic N) is 1. The van der Waals surface area contributed by atoms with Crippen molar-refractivity contribution in [2.45, 2.75) is 12.3 Å².